The minimum Gasteiger partial charge on any atom is -0.466 e. The fourth-order valence-corrected chi connectivity index (χ4v) is 2.98. The van der Waals surface area contributed by atoms with E-state index in [1.54, 1.807) is 66.7 Å². The summed E-state index contributed by atoms with van der Waals surface area (Å²) in [6.45, 7) is 2.37. The fraction of sp³-hybridized carbons (Fsp3) is 0.320. The summed E-state index contributed by atoms with van der Waals surface area (Å²) >= 11 is 0. The van der Waals surface area contributed by atoms with Gasteiger partial charge in [0.15, 0.2) is 0 Å². The Balaban J connectivity index is 2.35. The molecule has 0 heterocycles. The Hall–Kier alpha value is -4.59. The highest BCUT2D eigenvalue weighted by Crippen LogP contribution is 2.23. The van der Waals surface area contributed by atoms with Crippen LogP contribution in [0.1, 0.15) is 31.4 Å². The molecule has 0 aromatic heterocycles. The number of ether oxygens (including phenoxy) is 4. The summed E-state index contributed by atoms with van der Waals surface area (Å²) in [6, 6.07) is 18.9. The van der Waals surface area contributed by atoms with E-state index in [-0.39, 0.29) is 26.4 Å². The largest absolute Gasteiger partial charge is 0.466 e. The smallest absolute Gasteiger partial charge is 0.431 e. The van der Waals surface area contributed by atoms with Crippen LogP contribution in [-0.2, 0) is 41.8 Å². The molecule has 36 heavy (non-hydrogen) atoms. The van der Waals surface area contributed by atoms with Crippen LogP contribution >= 0.6 is 0 Å². The maximum absolute atomic E-state index is 13.1. The van der Waals surface area contributed by atoms with Gasteiger partial charge in [0.05, 0.1) is 19.6 Å². The second-order valence-electron chi connectivity index (χ2n) is 7.22. The number of hydrogen-bond acceptors (Lipinski definition) is 9. The van der Waals surface area contributed by atoms with Crippen LogP contribution in [0.2, 0.25) is 0 Å². The summed E-state index contributed by atoms with van der Waals surface area (Å²) in [4.78, 5) is 51.0. The molecule has 0 aliphatic carbocycles. The molecule has 0 aliphatic heterocycles. The number of hydrogen-bond donors (Lipinski definition) is 1. The van der Waals surface area contributed by atoms with E-state index in [0.717, 1.165) is 0 Å². The number of nitriles is 1. The lowest BCUT2D eigenvalue weighted by atomic mass is 9.96. The number of amides is 2. The summed E-state index contributed by atoms with van der Waals surface area (Å²) in [5.74, 6) is -2.24. The Morgan fingerprint density at radius 1 is 0.833 bits per heavy atom. The molecule has 1 unspecified atom stereocenters. The van der Waals surface area contributed by atoms with E-state index >= 15 is 0 Å². The minimum atomic E-state index is -2.64. The average molecular weight is 498 g/mol. The zero-order chi connectivity index (χ0) is 26.4. The number of esters is 2. The Morgan fingerprint density at radius 2 is 1.36 bits per heavy atom. The number of benzene rings is 2. The number of hydrazine groups is 1. The van der Waals surface area contributed by atoms with E-state index in [4.69, 9.17) is 18.9 Å². The fourth-order valence-electron chi connectivity index (χ4n) is 2.98. The molecule has 2 aromatic rings. The number of carbonyl (C=O) groups excluding carboxylic acids is 4. The topological polar surface area (TPSA) is 144 Å². The van der Waals surface area contributed by atoms with Crippen LogP contribution in [0.5, 0.6) is 0 Å². The van der Waals surface area contributed by atoms with Gasteiger partial charge in [-0.2, -0.15) is 10.3 Å². The third-order valence-corrected chi connectivity index (χ3v) is 4.69. The van der Waals surface area contributed by atoms with Crippen LogP contribution in [0, 0.1) is 11.3 Å². The second-order valence-corrected chi connectivity index (χ2v) is 7.22. The molecule has 0 saturated heterocycles. The van der Waals surface area contributed by atoms with Crippen LogP contribution in [0.15, 0.2) is 60.7 Å². The van der Waals surface area contributed by atoms with Crippen LogP contribution in [-0.4, -0.2) is 47.9 Å². The van der Waals surface area contributed by atoms with Gasteiger partial charge in [0.2, 0.25) is 0 Å². The standard InChI is InChI=1S/C25H27N3O8/c1-3-33-21(29)15-25(18-26,22(30)34-4-2)28(24(32)36-17-20-13-9-6-10-14-20)27-23(31)35-16-19-11-7-5-8-12-19/h5-14H,3-4,15-17H2,1-2H3,(H,27,31). The quantitative estimate of drug-likeness (QED) is 0.297. The monoisotopic (exact) mass is 497 g/mol. The average Bonchev–Trinajstić information content (AvgIpc) is 2.89. The third-order valence-electron chi connectivity index (χ3n) is 4.69. The number of carbonyl (C=O) groups is 4. The SMILES string of the molecule is CCOC(=O)CC(C#N)(C(=O)OCC)N(NC(=O)OCc1ccccc1)C(=O)OCc1ccccc1. The molecule has 0 bridgehead atoms. The van der Waals surface area contributed by atoms with Gasteiger partial charge in [0, 0.05) is 0 Å². The Bertz CT molecular complexity index is 1070. The molecule has 11 heteroatoms. The highest BCUT2D eigenvalue weighted by Gasteiger charge is 2.53. The zero-order valence-corrected chi connectivity index (χ0v) is 20.0. The van der Waals surface area contributed by atoms with Gasteiger partial charge in [0.25, 0.3) is 5.54 Å². The van der Waals surface area contributed by atoms with Gasteiger partial charge in [0.1, 0.15) is 19.3 Å². The summed E-state index contributed by atoms with van der Waals surface area (Å²) in [7, 11) is 0. The van der Waals surface area contributed by atoms with Crippen molar-refractivity contribution < 1.29 is 38.1 Å². The first-order valence-electron chi connectivity index (χ1n) is 11.1. The molecule has 0 saturated carbocycles. The molecule has 11 nitrogen and oxygen atoms in total. The van der Waals surface area contributed by atoms with Crippen molar-refractivity contribution in [2.75, 3.05) is 13.2 Å². The number of rotatable bonds is 10. The molecule has 190 valence electrons. The summed E-state index contributed by atoms with van der Waals surface area (Å²) in [5.41, 5.74) is 0.678. The van der Waals surface area contributed by atoms with Crippen LogP contribution < -0.4 is 5.43 Å². The van der Waals surface area contributed by atoms with E-state index in [1.807, 2.05) is 0 Å². The van der Waals surface area contributed by atoms with E-state index < -0.39 is 36.1 Å². The molecule has 0 radical (unpaired) electrons. The Morgan fingerprint density at radius 3 is 1.86 bits per heavy atom. The highest BCUT2D eigenvalue weighted by atomic mass is 16.6. The molecule has 2 aromatic carbocycles. The van der Waals surface area contributed by atoms with Crippen molar-refractivity contribution >= 4 is 24.1 Å². The maximum atomic E-state index is 13.1. The molecule has 1 N–H and O–H groups in total. The first kappa shape index (κ1) is 27.7. The second kappa shape index (κ2) is 14.0. The van der Waals surface area contributed by atoms with Gasteiger partial charge in [-0.1, -0.05) is 60.7 Å². The van der Waals surface area contributed by atoms with Crippen molar-refractivity contribution in [2.45, 2.75) is 39.0 Å². The molecular formula is C25H27N3O8. The molecule has 2 amide bonds. The van der Waals surface area contributed by atoms with Gasteiger partial charge < -0.3 is 18.9 Å². The van der Waals surface area contributed by atoms with E-state index in [1.165, 1.54) is 13.8 Å². The summed E-state index contributed by atoms with van der Waals surface area (Å²) in [5, 5.41) is 10.3. The van der Waals surface area contributed by atoms with Crippen molar-refractivity contribution in [1.82, 2.24) is 10.4 Å². The van der Waals surface area contributed by atoms with Gasteiger partial charge in [-0.3, -0.25) is 4.79 Å². The Labute approximate surface area is 208 Å². The maximum Gasteiger partial charge on any atom is 0.431 e. The minimum absolute atomic E-state index is 0.0475. The lowest BCUT2D eigenvalue weighted by molar-refractivity contribution is -0.161. The van der Waals surface area contributed by atoms with Crippen molar-refractivity contribution in [2.24, 2.45) is 0 Å². The lowest BCUT2D eigenvalue weighted by Gasteiger charge is -2.34. The first-order valence-corrected chi connectivity index (χ1v) is 11.1. The third kappa shape index (κ3) is 7.73. The predicted octanol–water partition coefficient (Wildman–Crippen LogP) is 3.25. The van der Waals surface area contributed by atoms with E-state index in [2.05, 4.69) is 5.43 Å². The molecule has 0 aliphatic rings. The molecular weight excluding hydrogens is 470 g/mol. The van der Waals surface area contributed by atoms with Crippen molar-refractivity contribution in [3.63, 3.8) is 0 Å². The zero-order valence-electron chi connectivity index (χ0n) is 20.0. The van der Waals surface area contributed by atoms with Crippen molar-refractivity contribution in [1.29, 1.82) is 5.26 Å². The summed E-state index contributed by atoms with van der Waals surface area (Å²) in [6.07, 6.45) is -3.41. The van der Waals surface area contributed by atoms with Crippen molar-refractivity contribution in [3.05, 3.63) is 71.8 Å². The van der Waals surface area contributed by atoms with E-state index in [9.17, 15) is 24.4 Å². The van der Waals surface area contributed by atoms with Crippen molar-refractivity contribution in [3.8, 4) is 6.07 Å². The van der Waals surface area contributed by atoms with Crippen LogP contribution in [0.3, 0.4) is 0 Å². The summed E-state index contributed by atoms with van der Waals surface area (Å²) < 4.78 is 20.2. The van der Waals surface area contributed by atoms with E-state index in [0.29, 0.717) is 16.1 Å². The molecule has 1 atom stereocenters. The highest BCUT2D eigenvalue weighted by molar-refractivity contribution is 5.94. The molecule has 0 spiro atoms. The lowest BCUT2D eigenvalue weighted by Crippen LogP contribution is -2.64. The van der Waals surface area contributed by atoms with Crippen LogP contribution in [0.4, 0.5) is 9.59 Å². The van der Waals surface area contributed by atoms with Gasteiger partial charge >= 0.3 is 24.1 Å². The first-order chi connectivity index (χ1) is 17.4. The molecule has 2 rings (SSSR count). The number of nitrogens with zero attached hydrogens (tertiary/aromatic N) is 2. The number of nitrogens with one attached hydrogen (secondary N) is 1. The van der Waals surface area contributed by atoms with Gasteiger partial charge in [-0.15, -0.1) is 0 Å². The Kier molecular flexibility index (Phi) is 10.7. The van der Waals surface area contributed by atoms with Crippen LogP contribution in [0.25, 0.3) is 0 Å². The van der Waals surface area contributed by atoms with Gasteiger partial charge in [-0.25, -0.2) is 19.8 Å². The molecule has 0 fully saturated rings. The van der Waals surface area contributed by atoms with Gasteiger partial charge in [-0.05, 0) is 25.0 Å². The normalized spacial score (nSPS) is 11.7. The predicted molar refractivity (Wildman–Crippen MR) is 124 cm³/mol.